The van der Waals surface area contributed by atoms with Crippen molar-refractivity contribution < 1.29 is 8.42 Å². The average Bonchev–Trinajstić information content (AvgIpc) is 2.53. The van der Waals surface area contributed by atoms with E-state index < -0.39 is 10.0 Å². The van der Waals surface area contributed by atoms with E-state index in [1.165, 1.54) is 12.1 Å². The van der Waals surface area contributed by atoms with Crippen molar-refractivity contribution in [3.63, 3.8) is 0 Å². The number of aromatic nitrogens is 2. The molecule has 23 heavy (non-hydrogen) atoms. The Labute approximate surface area is 135 Å². The molecule has 0 aliphatic rings. The Bertz CT molecular complexity index is 826. The minimum atomic E-state index is -3.71. The number of nitrogens with two attached hydrogens (primary N) is 1. The summed E-state index contributed by atoms with van der Waals surface area (Å²) in [6.45, 7) is 2.37. The fraction of sp³-hybridized carbons (Fsp3) is 0.200. The van der Waals surface area contributed by atoms with Gasteiger partial charge in [-0.1, -0.05) is 12.8 Å². The summed E-state index contributed by atoms with van der Waals surface area (Å²) in [6.07, 6.45) is 7.74. The van der Waals surface area contributed by atoms with Crippen LogP contribution in [-0.2, 0) is 16.4 Å². The predicted octanol–water partition coefficient (Wildman–Crippen LogP) is 1.48. The van der Waals surface area contributed by atoms with Crippen LogP contribution in [0.4, 0.5) is 17.5 Å². The van der Waals surface area contributed by atoms with E-state index in [9.17, 15) is 8.42 Å². The monoisotopic (exact) mass is 331 g/mol. The lowest BCUT2D eigenvalue weighted by Crippen LogP contribution is -2.12. The van der Waals surface area contributed by atoms with Crippen LogP contribution in [0.1, 0.15) is 12.5 Å². The molecule has 0 aliphatic heterocycles. The van der Waals surface area contributed by atoms with Gasteiger partial charge in [-0.05, 0) is 30.7 Å². The normalized spacial score (nSPS) is 10.8. The molecule has 7 nitrogen and oxygen atoms in total. The highest BCUT2D eigenvalue weighted by Crippen LogP contribution is 2.19. The Morgan fingerprint density at radius 2 is 2.00 bits per heavy atom. The van der Waals surface area contributed by atoms with Crippen LogP contribution in [0.3, 0.4) is 0 Å². The zero-order valence-corrected chi connectivity index (χ0v) is 13.4. The third-order valence-corrected chi connectivity index (χ3v) is 3.97. The van der Waals surface area contributed by atoms with Crippen LogP contribution in [0.15, 0.2) is 35.4 Å². The Morgan fingerprint density at radius 3 is 2.57 bits per heavy atom. The van der Waals surface area contributed by atoms with E-state index >= 15 is 0 Å². The summed E-state index contributed by atoms with van der Waals surface area (Å²) < 4.78 is 22.5. The summed E-state index contributed by atoms with van der Waals surface area (Å²) in [5.74, 6) is 3.55. The van der Waals surface area contributed by atoms with Gasteiger partial charge in [0.05, 0.1) is 11.4 Å². The van der Waals surface area contributed by atoms with Crippen LogP contribution in [0.25, 0.3) is 0 Å². The number of aryl methyl sites for hydroxylation is 1. The number of hydrogen-bond acceptors (Lipinski definition) is 6. The second-order valence-electron chi connectivity index (χ2n) is 4.67. The Morgan fingerprint density at radius 1 is 1.30 bits per heavy atom. The van der Waals surface area contributed by atoms with Crippen molar-refractivity contribution >= 4 is 27.5 Å². The molecule has 4 N–H and O–H groups in total. The van der Waals surface area contributed by atoms with Gasteiger partial charge in [-0.2, -0.15) is 4.98 Å². The maximum absolute atomic E-state index is 11.2. The third kappa shape index (κ3) is 4.42. The van der Waals surface area contributed by atoms with Crippen LogP contribution >= 0.6 is 0 Å². The van der Waals surface area contributed by atoms with Crippen molar-refractivity contribution in [2.45, 2.75) is 18.2 Å². The summed E-state index contributed by atoms with van der Waals surface area (Å²) in [7, 11) is -3.71. The Balaban J connectivity index is 2.21. The Kier molecular flexibility index (Phi) is 5.16. The lowest BCUT2D eigenvalue weighted by Gasteiger charge is -2.11. The lowest BCUT2D eigenvalue weighted by molar-refractivity contribution is 0.598. The summed E-state index contributed by atoms with van der Waals surface area (Å²) >= 11 is 0. The van der Waals surface area contributed by atoms with Gasteiger partial charge in [0.1, 0.15) is 5.82 Å². The number of primary sulfonamides is 1. The molecule has 0 bridgehead atoms. The average molecular weight is 331 g/mol. The lowest BCUT2D eigenvalue weighted by atomic mass is 10.2. The minimum absolute atomic E-state index is 0.0432. The third-order valence-electron chi connectivity index (χ3n) is 3.04. The highest BCUT2D eigenvalue weighted by Gasteiger charge is 2.08. The summed E-state index contributed by atoms with van der Waals surface area (Å²) in [6, 6.07) is 6.00. The molecule has 0 unspecified atom stereocenters. The van der Waals surface area contributed by atoms with Gasteiger partial charge in [0, 0.05) is 17.4 Å². The first-order valence-electron chi connectivity index (χ1n) is 6.87. The largest absolute Gasteiger partial charge is 0.359 e. The number of nitrogens with one attached hydrogen (secondary N) is 2. The molecule has 2 rings (SSSR count). The van der Waals surface area contributed by atoms with Gasteiger partial charge in [0.2, 0.25) is 16.0 Å². The molecule has 2 aromatic rings. The van der Waals surface area contributed by atoms with E-state index in [-0.39, 0.29) is 4.90 Å². The van der Waals surface area contributed by atoms with Gasteiger partial charge in [-0.25, -0.2) is 18.5 Å². The van der Waals surface area contributed by atoms with E-state index in [2.05, 4.69) is 26.5 Å². The van der Waals surface area contributed by atoms with Gasteiger partial charge in [-0.3, -0.25) is 0 Å². The summed E-state index contributed by atoms with van der Waals surface area (Å²) in [4.78, 5) is 8.65. The standard InChI is InChI=1S/C15H17N5O2S/c1-3-9-17-14-11(4-2)10-18-15(20-14)19-12-5-7-13(8-6-12)23(16,21)22/h1,5-8,10H,4,9H2,2H3,(H2,16,21,22)(H2,17,18,19,20). The van der Waals surface area contributed by atoms with Crippen molar-refractivity contribution in [1.29, 1.82) is 0 Å². The predicted molar refractivity (Wildman–Crippen MR) is 89.8 cm³/mol. The van der Waals surface area contributed by atoms with Crippen molar-refractivity contribution in [1.82, 2.24) is 9.97 Å². The number of hydrogen-bond donors (Lipinski definition) is 3. The molecule has 0 saturated heterocycles. The second-order valence-corrected chi connectivity index (χ2v) is 6.23. The van der Waals surface area contributed by atoms with Crippen molar-refractivity contribution in [2.24, 2.45) is 5.14 Å². The number of sulfonamides is 1. The van der Waals surface area contributed by atoms with Gasteiger partial charge in [0.25, 0.3) is 0 Å². The van der Waals surface area contributed by atoms with Crippen LogP contribution in [0.5, 0.6) is 0 Å². The maximum Gasteiger partial charge on any atom is 0.238 e. The molecular weight excluding hydrogens is 314 g/mol. The number of nitrogens with zero attached hydrogens (tertiary/aromatic N) is 2. The fourth-order valence-electron chi connectivity index (χ4n) is 1.87. The van der Waals surface area contributed by atoms with Gasteiger partial charge in [0.15, 0.2) is 0 Å². The van der Waals surface area contributed by atoms with Crippen molar-refractivity contribution in [3.8, 4) is 12.3 Å². The highest BCUT2D eigenvalue weighted by molar-refractivity contribution is 7.89. The molecule has 0 aliphatic carbocycles. The van der Waals surface area contributed by atoms with E-state index in [0.29, 0.717) is 24.0 Å². The highest BCUT2D eigenvalue weighted by atomic mass is 32.2. The SMILES string of the molecule is C#CCNc1nc(Nc2ccc(S(N)(=O)=O)cc2)ncc1CC. The zero-order valence-electron chi connectivity index (χ0n) is 12.6. The molecule has 0 fully saturated rings. The molecule has 120 valence electrons. The summed E-state index contributed by atoms with van der Waals surface area (Å²) in [5.41, 5.74) is 1.60. The molecular formula is C15H17N5O2S. The van der Waals surface area contributed by atoms with E-state index in [0.717, 1.165) is 12.0 Å². The first-order chi connectivity index (χ1) is 10.9. The molecule has 8 heteroatoms. The molecule has 0 atom stereocenters. The first kappa shape index (κ1) is 16.7. The number of terminal acetylenes is 1. The quantitative estimate of drug-likeness (QED) is 0.692. The Hall–Kier alpha value is -2.63. The molecule has 1 heterocycles. The van der Waals surface area contributed by atoms with Crippen LogP contribution < -0.4 is 15.8 Å². The smallest absolute Gasteiger partial charge is 0.238 e. The maximum atomic E-state index is 11.2. The zero-order chi connectivity index (χ0) is 16.9. The first-order valence-corrected chi connectivity index (χ1v) is 8.41. The second kappa shape index (κ2) is 7.09. The minimum Gasteiger partial charge on any atom is -0.359 e. The van der Waals surface area contributed by atoms with E-state index in [4.69, 9.17) is 11.6 Å². The van der Waals surface area contributed by atoms with Gasteiger partial charge >= 0.3 is 0 Å². The van der Waals surface area contributed by atoms with Crippen LogP contribution in [0, 0.1) is 12.3 Å². The van der Waals surface area contributed by atoms with Gasteiger partial charge < -0.3 is 10.6 Å². The molecule has 0 spiro atoms. The summed E-state index contributed by atoms with van der Waals surface area (Å²) in [5, 5.41) is 11.1. The van der Waals surface area contributed by atoms with E-state index in [1.54, 1.807) is 18.3 Å². The molecule has 0 radical (unpaired) electrons. The number of anilines is 3. The topological polar surface area (TPSA) is 110 Å². The van der Waals surface area contributed by atoms with Crippen molar-refractivity contribution in [3.05, 3.63) is 36.0 Å². The molecule has 1 aromatic heterocycles. The number of benzene rings is 1. The fourth-order valence-corrected chi connectivity index (χ4v) is 2.39. The van der Waals surface area contributed by atoms with Gasteiger partial charge in [-0.15, -0.1) is 6.42 Å². The number of rotatable bonds is 6. The molecule has 0 amide bonds. The van der Waals surface area contributed by atoms with E-state index in [1.807, 2.05) is 6.92 Å². The molecule has 0 saturated carbocycles. The van der Waals surface area contributed by atoms with Crippen LogP contribution in [-0.4, -0.2) is 24.9 Å². The molecule has 1 aromatic carbocycles. The van der Waals surface area contributed by atoms with Crippen LogP contribution in [0.2, 0.25) is 0 Å². The van der Waals surface area contributed by atoms with Crippen molar-refractivity contribution in [2.75, 3.05) is 17.2 Å².